The molecule has 1 heterocycles. The van der Waals surface area contributed by atoms with Gasteiger partial charge in [0.15, 0.2) is 0 Å². The van der Waals surface area contributed by atoms with E-state index in [1.165, 1.54) is 18.2 Å². The van der Waals surface area contributed by atoms with Crippen LogP contribution in [0, 0.1) is 5.82 Å². The quantitative estimate of drug-likeness (QED) is 0.788. The summed E-state index contributed by atoms with van der Waals surface area (Å²) in [5.74, 6) is -1.62. The first-order valence-corrected chi connectivity index (χ1v) is 4.89. The monoisotopic (exact) mass is 269 g/mol. The summed E-state index contributed by atoms with van der Waals surface area (Å²) in [6.45, 7) is 0. The molecule has 0 atom stereocenters. The maximum Gasteiger partial charge on any atom is 0.259 e. The van der Waals surface area contributed by atoms with Crippen LogP contribution in [-0.4, -0.2) is 11.8 Å². The van der Waals surface area contributed by atoms with E-state index < -0.39 is 17.6 Å². The van der Waals surface area contributed by atoms with Crippen molar-refractivity contribution in [2.24, 2.45) is 0 Å². The molecule has 0 aromatic heterocycles. The van der Waals surface area contributed by atoms with Crippen molar-refractivity contribution < 1.29 is 14.0 Å². The van der Waals surface area contributed by atoms with Crippen LogP contribution in [0.2, 0.25) is 0 Å². The molecule has 0 spiro atoms. The van der Waals surface area contributed by atoms with Crippen molar-refractivity contribution >= 4 is 33.3 Å². The van der Waals surface area contributed by atoms with Crippen LogP contribution in [0.3, 0.4) is 0 Å². The summed E-state index contributed by atoms with van der Waals surface area (Å²) in [6.07, 6.45) is 1.09. The Hall–Kier alpha value is -1.49. The first kappa shape index (κ1) is 10.0. The summed E-state index contributed by atoms with van der Waals surface area (Å²) in [6, 6.07) is 4.21. The van der Waals surface area contributed by atoms with E-state index in [0.29, 0.717) is 4.47 Å². The number of carbonyl (C=O) groups is 2. The second-order valence-electron chi connectivity index (χ2n) is 3.00. The summed E-state index contributed by atoms with van der Waals surface area (Å²) in [5, 5.41) is 2.06. The first-order valence-electron chi connectivity index (χ1n) is 4.10. The molecule has 1 N–H and O–H groups in total. The summed E-state index contributed by atoms with van der Waals surface area (Å²) < 4.78 is 14.0. The van der Waals surface area contributed by atoms with E-state index in [2.05, 4.69) is 21.2 Å². The molecule has 1 aliphatic rings. The Morgan fingerprint density at radius 2 is 2.00 bits per heavy atom. The highest BCUT2D eigenvalue weighted by molar-refractivity contribution is 9.10. The Labute approximate surface area is 93.1 Å². The zero-order chi connectivity index (χ0) is 11.0. The summed E-state index contributed by atoms with van der Waals surface area (Å²) in [7, 11) is 0. The highest BCUT2D eigenvalue weighted by Gasteiger charge is 2.24. The highest BCUT2D eigenvalue weighted by atomic mass is 79.9. The van der Waals surface area contributed by atoms with Crippen LogP contribution >= 0.6 is 15.9 Å². The van der Waals surface area contributed by atoms with Gasteiger partial charge in [-0.3, -0.25) is 14.9 Å². The molecule has 0 bridgehead atoms. The second-order valence-corrected chi connectivity index (χ2v) is 3.92. The number of imide groups is 1. The summed E-state index contributed by atoms with van der Waals surface area (Å²) in [5.41, 5.74) is 0.173. The molecule has 1 aromatic rings. The lowest BCUT2D eigenvalue weighted by atomic mass is 10.1. The van der Waals surface area contributed by atoms with E-state index in [1.807, 2.05) is 0 Å². The van der Waals surface area contributed by atoms with Crippen LogP contribution in [0.15, 0.2) is 28.7 Å². The Morgan fingerprint density at radius 1 is 1.27 bits per heavy atom. The number of hydrogen-bond donors (Lipinski definition) is 1. The molecule has 0 fully saturated rings. The molecule has 0 saturated carbocycles. The van der Waals surface area contributed by atoms with E-state index in [4.69, 9.17) is 0 Å². The van der Waals surface area contributed by atoms with Gasteiger partial charge in [-0.15, -0.1) is 0 Å². The zero-order valence-corrected chi connectivity index (χ0v) is 8.97. The molecule has 76 valence electrons. The molecule has 3 nitrogen and oxygen atoms in total. The largest absolute Gasteiger partial charge is 0.289 e. The molecule has 5 heteroatoms. The number of halogens is 2. The molecule has 1 aromatic carbocycles. The van der Waals surface area contributed by atoms with Crippen molar-refractivity contribution in [1.29, 1.82) is 0 Å². The summed E-state index contributed by atoms with van der Waals surface area (Å²) >= 11 is 3.17. The number of carbonyl (C=O) groups excluding carboxylic acids is 2. The van der Waals surface area contributed by atoms with Gasteiger partial charge in [-0.1, -0.05) is 15.9 Å². The van der Waals surface area contributed by atoms with Crippen LogP contribution in [0.1, 0.15) is 5.56 Å². The van der Waals surface area contributed by atoms with Gasteiger partial charge in [-0.05, 0) is 18.2 Å². The minimum Gasteiger partial charge on any atom is -0.289 e. The lowest BCUT2D eigenvalue weighted by molar-refractivity contribution is -0.123. The molecule has 0 radical (unpaired) electrons. The lowest BCUT2D eigenvalue weighted by Crippen LogP contribution is -2.21. The molecule has 2 amide bonds. The van der Waals surface area contributed by atoms with Gasteiger partial charge >= 0.3 is 0 Å². The second kappa shape index (κ2) is 3.58. The van der Waals surface area contributed by atoms with Crippen LogP contribution < -0.4 is 5.32 Å². The van der Waals surface area contributed by atoms with Crippen molar-refractivity contribution in [2.75, 3.05) is 0 Å². The SMILES string of the molecule is O=C1C=C(c2cc(Br)ccc2F)C(=O)N1. The van der Waals surface area contributed by atoms with Crippen LogP contribution in [0.25, 0.3) is 5.57 Å². The van der Waals surface area contributed by atoms with Gasteiger partial charge in [-0.25, -0.2) is 4.39 Å². The predicted octanol–water partition coefficient (Wildman–Crippen LogP) is 1.63. The molecule has 0 aliphatic carbocycles. The zero-order valence-electron chi connectivity index (χ0n) is 7.38. The topological polar surface area (TPSA) is 46.2 Å². The van der Waals surface area contributed by atoms with Gasteiger partial charge in [0, 0.05) is 16.1 Å². The third kappa shape index (κ3) is 1.83. The van der Waals surface area contributed by atoms with Crippen LogP contribution in [-0.2, 0) is 9.59 Å². The van der Waals surface area contributed by atoms with Gasteiger partial charge < -0.3 is 0 Å². The fourth-order valence-electron chi connectivity index (χ4n) is 1.32. The van der Waals surface area contributed by atoms with Gasteiger partial charge in [0.25, 0.3) is 11.8 Å². The van der Waals surface area contributed by atoms with Crippen molar-refractivity contribution in [2.45, 2.75) is 0 Å². The van der Waals surface area contributed by atoms with Crippen LogP contribution in [0.5, 0.6) is 0 Å². The average molecular weight is 270 g/mol. The Balaban J connectivity index is 2.54. The Morgan fingerprint density at radius 3 is 2.60 bits per heavy atom. The average Bonchev–Trinajstić information content (AvgIpc) is 2.50. The molecule has 1 aliphatic heterocycles. The number of amides is 2. The van der Waals surface area contributed by atoms with Gasteiger partial charge in [0.05, 0.1) is 5.57 Å². The number of nitrogens with one attached hydrogen (secondary N) is 1. The van der Waals surface area contributed by atoms with Crippen molar-refractivity contribution in [3.63, 3.8) is 0 Å². The smallest absolute Gasteiger partial charge is 0.259 e. The molecule has 2 rings (SSSR count). The Bertz CT molecular complexity index is 496. The lowest BCUT2D eigenvalue weighted by Gasteiger charge is -2.02. The fraction of sp³-hybridized carbons (Fsp3) is 0. The third-order valence-corrected chi connectivity index (χ3v) is 2.47. The maximum absolute atomic E-state index is 13.4. The van der Waals surface area contributed by atoms with Crippen molar-refractivity contribution in [3.8, 4) is 0 Å². The highest BCUT2D eigenvalue weighted by Crippen LogP contribution is 2.24. The summed E-state index contributed by atoms with van der Waals surface area (Å²) in [4.78, 5) is 22.2. The van der Waals surface area contributed by atoms with Crippen molar-refractivity contribution in [3.05, 3.63) is 40.1 Å². The molecular formula is C10H5BrFNO2. The molecule has 15 heavy (non-hydrogen) atoms. The normalized spacial score (nSPS) is 15.2. The van der Waals surface area contributed by atoms with Crippen molar-refractivity contribution in [1.82, 2.24) is 5.32 Å². The maximum atomic E-state index is 13.4. The number of hydrogen-bond acceptors (Lipinski definition) is 2. The number of rotatable bonds is 1. The van der Waals surface area contributed by atoms with E-state index in [9.17, 15) is 14.0 Å². The standard InChI is InChI=1S/C10H5BrFNO2/c11-5-1-2-8(12)6(3-5)7-4-9(14)13-10(7)15/h1-4H,(H,13,14,15). The van der Waals surface area contributed by atoms with Gasteiger partial charge in [0.2, 0.25) is 0 Å². The Kier molecular flexibility index (Phi) is 2.40. The first-order chi connectivity index (χ1) is 7.08. The molecule has 0 saturated heterocycles. The predicted molar refractivity (Wildman–Crippen MR) is 55.2 cm³/mol. The van der Waals surface area contributed by atoms with Gasteiger partial charge in [0.1, 0.15) is 5.82 Å². The minimum atomic E-state index is -0.572. The molecule has 0 unspecified atom stereocenters. The van der Waals surface area contributed by atoms with E-state index in [0.717, 1.165) is 6.08 Å². The minimum absolute atomic E-state index is 0.0544. The van der Waals surface area contributed by atoms with E-state index >= 15 is 0 Å². The number of benzene rings is 1. The van der Waals surface area contributed by atoms with Crippen LogP contribution in [0.4, 0.5) is 4.39 Å². The molecular weight excluding hydrogens is 265 g/mol. The van der Waals surface area contributed by atoms with Gasteiger partial charge in [-0.2, -0.15) is 0 Å². The third-order valence-electron chi connectivity index (χ3n) is 1.98. The van der Waals surface area contributed by atoms with E-state index in [1.54, 1.807) is 0 Å². The fourth-order valence-corrected chi connectivity index (χ4v) is 1.68. The van der Waals surface area contributed by atoms with E-state index in [-0.39, 0.29) is 11.1 Å².